The number of alkyl halides is 3. The van der Waals surface area contributed by atoms with Gasteiger partial charge >= 0.3 is 6.18 Å². The Labute approximate surface area is 108 Å². The van der Waals surface area contributed by atoms with Crippen LogP contribution < -0.4 is 10.5 Å². The molecule has 0 heterocycles. The number of hydrogen-bond acceptors (Lipinski definition) is 2. The van der Waals surface area contributed by atoms with E-state index in [0.717, 1.165) is 19.1 Å². The summed E-state index contributed by atoms with van der Waals surface area (Å²) < 4.78 is 68.4. The largest absolute Gasteiger partial charge is 0.476 e. The molecular weight excluding hydrogens is 325 g/mol. The minimum Gasteiger partial charge on any atom is -0.476 e. The highest BCUT2D eigenvalue weighted by atomic mass is 79.9. The highest BCUT2D eigenvalue weighted by Gasteiger charge is 2.44. The number of benzene rings is 1. The van der Waals surface area contributed by atoms with Gasteiger partial charge in [-0.1, -0.05) is 15.9 Å². The molecule has 2 N–H and O–H groups in total. The van der Waals surface area contributed by atoms with E-state index in [1.807, 2.05) is 0 Å². The fourth-order valence-electron chi connectivity index (χ4n) is 1.23. The average Bonchev–Trinajstić information content (AvgIpc) is 2.18. The van der Waals surface area contributed by atoms with Gasteiger partial charge in [0.15, 0.2) is 11.6 Å². The minimum atomic E-state index is -4.78. The topological polar surface area (TPSA) is 35.2 Å². The predicted molar refractivity (Wildman–Crippen MR) is 58.2 cm³/mol. The van der Waals surface area contributed by atoms with Gasteiger partial charge in [-0.05, 0) is 19.1 Å². The first-order valence-electron chi connectivity index (χ1n) is 4.76. The van der Waals surface area contributed by atoms with Crippen molar-refractivity contribution in [3.05, 3.63) is 28.2 Å². The second-order valence-corrected chi connectivity index (χ2v) is 4.55. The molecule has 2 unspecified atom stereocenters. The Morgan fingerprint density at radius 3 is 2.28 bits per heavy atom. The molecule has 0 saturated carbocycles. The third-order valence-electron chi connectivity index (χ3n) is 2.01. The van der Waals surface area contributed by atoms with E-state index in [1.165, 1.54) is 0 Å². The maximum atomic E-state index is 13.3. The summed E-state index contributed by atoms with van der Waals surface area (Å²) in [7, 11) is 0. The monoisotopic (exact) mass is 333 g/mol. The van der Waals surface area contributed by atoms with E-state index in [9.17, 15) is 22.0 Å². The van der Waals surface area contributed by atoms with Crippen LogP contribution >= 0.6 is 15.9 Å². The molecule has 0 aliphatic carbocycles. The van der Waals surface area contributed by atoms with Crippen molar-refractivity contribution < 1.29 is 26.7 Å². The van der Waals surface area contributed by atoms with Crippen LogP contribution in [0.3, 0.4) is 0 Å². The van der Waals surface area contributed by atoms with E-state index in [0.29, 0.717) is 0 Å². The van der Waals surface area contributed by atoms with Gasteiger partial charge in [0.05, 0.1) is 0 Å². The standard InChI is InChI=1S/C10H9BrF5NO/c1-4(17)9(10(14,15)16)18-7-3-5(11)2-6(12)8(7)13/h2-4,9H,17H2,1H3. The van der Waals surface area contributed by atoms with Crippen molar-refractivity contribution in [2.75, 3.05) is 0 Å². The molecule has 0 aromatic heterocycles. The van der Waals surface area contributed by atoms with E-state index in [2.05, 4.69) is 20.7 Å². The highest BCUT2D eigenvalue weighted by Crippen LogP contribution is 2.31. The summed E-state index contributed by atoms with van der Waals surface area (Å²) in [5.41, 5.74) is 5.12. The minimum absolute atomic E-state index is 0.0574. The van der Waals surface area contributed by atoms with Crippen LogP contribution in [0.5, 0.6) is 5.75 Å². The molecule has 0 spiro atoms. The third kappa shape index (κ3) is 3.55. The molecule has 2 atom stereocenters. The lowest BCUT2D eigenvalue weighted by molar-refractivity contribution is -0.199. The first kappa shape index (κ1) is 15.2. The summed E-state index contributed by atoms with van der Waals surface area (Å²) in [4.78, 5) is 0. The molecule has 2 nitrogen and oxygen atoms in total. The maximum absolute atomic E-state index is 13.3. The maximum Gasteiger partial charge on any atom is 0.426 e. The third-order valence-corrected chi connectivity index (χ3v) is 2.47. The van der Waals surface area contributed by atoms with Crippen molar-refractivity contribution in [3.63, 3.8) is 0 Å². The molecule has 0 amide bonds. The molecule has 1 rings (SSSR count). The van der Waals surface area contributed by atoms with Crippen LogP contribution in [0, 0.1) is 11.6 Å². The Bertz CT molecular complexity index is 435. The summed E-state index contributed by atoms with van der Waals surface area (Å²) in [6, 6.07) is 0.252. The lowest BCUT2D eigenvalue weighted by Gasteiger charge is -2.25. The molecular formula is C10H9BrF5NO. The zero-order valence-electron chi connectivity index (χ0n) is 9.06. The van der Waals surface area contributed by atoms with Crippen LogP contribution in [0.1, 0.15) is 6.92 Å². The van der Waals surface area contributed by atoms with Gasteiger partial charge in [0.1, 0.15) is 0 Å². The van der Waals surface area contributed by atoms with E-state index < -0.39 is 35.7 Å². The van der Waals surface area contributed by atoms with Crippen LogP contribution in [-0.4, -0.2) is 18.3 Å². The van der Waals surface area contributed by atoms with Gasteiger partial charge in [-0.15, -0.1) is 0 Å². The molecule has 0 saturated heterocycles. The molecule has 1 aromatic carbocycles. The first-order chi connectivity index (χ1) is 8.12. The van der Waals surface area contributed by atoms with Crippen LogP contribution in [0.25, 0.3) is 0 Å². The summed E-state index contributed by atoms with van der Waals surface area (Å²) >= 11 is 2.83. The van der Waals surface area contributed by atoms with Crippen LogP contribution in [-0.2, 0) is 0 Å². The smallest absolute Gasteiger partial charge is 0.426 e. The lowest BCUT2D eigenvalue weighted by atomic mass is 10.2. The molecule has 18 heavy (non-hydrogen) atoms. The quantitative estimate of drug-likeness (QED) is 0.679. The Morgan fingerprint density at radius 1 is 1.28 bits per heavy atom. The van der Waals surface area contributed by atoms with Crippen LogP contribution in [0.4, 0.5) is 22.0 Å². The summed E-state index contributed by atoms with van der Waals surface area (Å²) in [6.45, 7) is 1.06. The number of halogens is 6. The molecule has 0 fully saturated rings. The fourth-order valence-corrected chi connectivity index (χ4v) is 1.64. The van der Waals surface area contributed by atoms with E-state index in [-0.39, 0.29) is 4.47 Å². The Hall–Kier alpha value is -0.890. The summed E-state index contributed by atoms with van der Waals surface area (Å²) in [5, 5.41) is 0. The van der Waals surface area contributed by atoms with Crippen molar-refractivity contribution in [2.24, 2.45) is 5.73 Å². The first-order valence-corrected chi connectivity index (χ1v) is 5.55. The highest BCUT2D eigenvalue weighted by molar-refractivity contribution is 9.10. The van der Waals surface area contributed by atoms with Crippen LogP contribution in [0.15, 0.2) is 16.6 Å². The SMILES string of the molecule is CC(N)C(Oc1cc(Br)cc(F)c1F)C(F)(F)F. The zero-order chi connectivity index (χ0) is 14.1. The van der Waals surface area contributed by atoms with E-state index in [1.54, 1.807) is 0 Å². The second-order valence-electron chi connectivity index (χ2n) is 3.64. The van der Waals surface area contributed by atoms with Gasteiger partial charge in [-0.3, -0.25) is 0 Å². The molecule has 0 aliphatic heterocycles. The predicted octanol–water partition coefficient (Wildman–Crippen LogP) is 3.38. The Balaban J connectivity index is 3.09. The van der Waals surface area contributed by atoms with Gasteiger partial charge < -0.3 is 10.5 Å². The van der Waals surface area contributed by atoms with Crippen LogP contribution in [0.2, 0.25) is 0 Å². The van der Waals surface area contributed by atoms with Crippen molar-refractivity contribution >= 4 is 15.9 Å². The molecule has 1 aromatic rings. The molecule has 0 bridgehead atoms. The number of nitrogens with two attached hydrogens (primary N) is 1. The average molecular weight is 334 g/mol. The molecule has 8 heteroatoms. The summed E-state index contributed by atoms with van der Waals surface area (Å²) in [5.74, 6) is -3.65. The van der Waals surface area contributed by atoms with Crippen molar-refractivity contribution in [3.8, 4) is 5.75 Å². The van der Waals surface area contributed by atoms with Gasteiger partial charge in [-0.2, -0.15) is 17.6 Å². The Morgan fingerprint density at radius 2 is 1.83 bits per heavy atom. The van der Waals surface area contributed by atoms with Gasteiger partial charge in [0.25, 0.3) is 0 Å². The van der Waals surface area contributed by atoms with Gasteiger partial charge in [0.2, 0.25) is 11.9 Å². The molecule has 0 radical (unpaired) electrons. The fraction of sp³-hybridized carbons (Fsp3) is 0.400. The van der Waals surface area contributed by atoms with Gasteiger partial charge in [0, 0.05) is 10.5 Å². The summed E-state index contributed by atoms with van der Waals surface area (Å²) in [6.07, 6.45) is -7.19. The normalized spacial score (nSPS) is 15.3. The van der Waals surface area contributed by atoms with Crippen molar-refractivity contribution in [2.45, 2.75) is 25.2 Å². The molecule has 102 valence electrons. The lowest BCUT2D eigenvalue weighted by Crippen LogP contribution is -2.47. The van der Waals surface area contributed by atoms with E-state index >= 15 is 0 Å². The van der Waals surface area contributed by atoms with Crippen molar-refractivity contribution in [1.82, 2.24) is 0 Å². The second kappa shape index (κ2) is 5.40. The number of hydrogen-bond donors (Lipinski definition) is 1. The Kier molecular flexibility index (Phi) is 4.55. The van der Waals surface area contributed by atoms with Gasteiger partial charge in [-0.25, -0.2) is 4.39 Å². The van der Waals surface area contributed by atoms with Crippen molar-refractivity contribution in [1.29, 1.82) is 0 Å². The van der Waals surface area contributed by atoms with E-state index in [4.69, 9.17) is 5.73 Å². The zero-order valence-corrected chi connectivity index (χ0v) is 10.6. The molecule has 0 aliphatic rings. The number of rotatable bonds is 3. The number of ether oxygens (including phenoxy) is 1.